The van der Waals surface area contributed by atoms with Crippen LogP contribution >= 0.6 is 0 Å². The summed E-state index contributed by atoms with van der Waals surface area (Å²) in [7, 11) is 0. The fourth-order valence-corrected chi connectivity index (χ4v) is 3.43. The Morgan fingerprint density at radius 1 is 1.33 bits per heavy atom. The van der Waals surface area contributed by atoms with Crippen LogP contribution < -0.4 is 5.32 Å². The maximum atomic E-state index is 4.55. The first kappa shape index (κ1) is 12.2. The highest BCUT2D eigenvalue weighted by molar-refractivity contribution is 5.24. The molecule has 2 nitrogen and oxygen atoms in total. The number of hydrogen-bond acceptors (Lipinski definition) is 2. The maximum Gasteiger partial charge on any atom is 0.0409 e. The largest absolute Gasteiger partial charge is 0.316 e. The molecule has 0 bridgehead atoms. The van der Waals surface area contributed by atoms with Gasteiger partial charge in [-0.25, -0.2) is 0 Å². The Morgan fingerprint density at radius 2 is 2.06 bits per heavy atom. The zero-order chi connectivity index (χ0) is 12.8. The van der Waals surface area contributed by atoms with Crippen molar-refractivity contribution in [2.75, 3.05) is 13.1 Å². The first-order valence-electron chi connectivity index (χ1n) is 7.13. The van der Waals surface area contributed by atoms with E-state index in [2.05, 4.69) is 43.2 Å². The van der Waals surface area contributed by atoms with Crippen LogP contribution in [0.2, 0.25) is 0 Å². The fourth-order valence-electron chi connectivity index (χ4n) is 3.43. The van der Waals surface area contributed by atoms with Crippen molar-refractivity contribution in [2.24, 2.45) is 11.3 Å². The van der Waals surface area contributed by atoms with E-state index in [4.69, 9.17) is 0 Å². The number of rotatable bonds is 2. The van der Waals surface area contributed by atoms with Crippen LogP contribution in [0, 0.1) is 11.3 Å². The van der Waals surface area contributed by atoms with Crippen molar-refractivity contribution >= 4 is 0 Å². The quantitative estimate of drug-likeness (QED) is 0.865. The van der Waals surface area contributed by atoms with Crippen molar-refractivity contribution in [1.29, 1.82) is 0 Å². The second-order valence-electron chi connectivity index (χ2n) is 7.37. The zero-order valence-electron chi connectivity index (χ0n) is 11.8. The van der Waals surface area contributed by atoms with Gasteiger partial charge in [0.25, 0.3) is 0 Å². The lowest BCUT2D eigenvalue weighted by atomic mass is 9.57. The van der Waals surface area contributed by atoms with Gasteiger partial charge in [0.1, 0.15) is 0 Å². The molecule has 2 heteroatoms. The summed E-state index contributed by atoms with van der Waals surface area (Å²) in [6.07, 6.45) is 5.96. The van der Waals surface area contributed by atoms with Crippen molar-refractivity contribution in [1.82, 2.24) is 10.3 Å². The second kappa shape index (κ2) is 4.06. The third-order valence-electron chi connectivity index (χ3n) is 4.62. The van der Waals surface area contributed by atoms with E-state index in [1.54, 1.807) is 0 Å². The van der Waals surface area contributed by atoms with Gasteiger partial charge in [0, 0.05) is 25.0 Å². The van der Waals surface area contributed by atoms with Crippen LogP contribution in [-0.4, -0.2) is 18.1 Å². The molecule has 1 saturated heterocycles. The van der Waals surface area contributed by atoms with Crippen molar-refractivity contribution in [3.8, 4) is 0 Å². The average Bonchev–Trinajstić information content (AvgIpc) is 2.19. The van der Waals surface area contributed by atoms with Gasteiger partial charge >= 0.3 is 0 Å². The van der Waals surface area contributed by atoms with Gasteiger partial charge in [-0.15, -0.1) is 0 Å². The molecular weight excluding hydrogens is 220 g/mol. The molecule has 0 unspecified atom stereocenters. The van der Waals surface area contributed by atoms with Gasteiger partial charge in [-0.1, -0.05) is 20.8 Å². The third kappa shape index (κ3) is 2.18. The van der Waals surface area contributed by atoms with Crippen molar-refractivity contribution < 1.29 is 0 Å². The van der Waals surface area contributed by atoms with Gasteiger partial charge in [0.2, 0.25) is 0 Å². The molecule has 3 rings (SSSR count). The smallest absolute Gasteiger partial charge is 0.0409 e. The standard InChI is InChI=1S/C16H24N2/c1-15(2,3)13-4-5-18-14(7-13)6-12-8-16(9-12)10-17-11-16/h4-5,7,12,17H,6,8-11H2,1-3H3. The lowest BCUT2D eigenvalue weighted by Crippen LogP contribution is -2.60. The minimum Gasteiger partial charge on any atom is -0.316 e. The number of pyridine rings is 1. The number of nitrogens with one attached hydrogen (secondary N) is 1. The topological polar surface area (TPSA) is 24.9 Å². The highest BCUT2D eigenvalue weighted by Gasteiger charge is 2.47. The van der Waals surface area contributed by atoms with Crippen LogP contribution in [0.4, 0.5) is 0 Å². The Kier molecular flexibility index (Phi) is 2.74. The van der Waals surface area contributed by atoms with Gasteiger partial charge < -0.3 is 5.32 Å². The molecule has 1 aliphatic carbocycles. The number of hydrogen-bond donors (Lipinski definition) is 1. The van der Waals surface area contributed by atoms with Crippen molar-refractivity contribution in [3.63, 3.8) is 0 Å². The molecule has 98 valence electrons. The summed E-state index contributed by atoms with van der Waals surface area (Å²) in [5.41, 5.74) is 3.62. The first-order chi connectivity index (χ1) is 8.47. The van der Waals surface area contributed by atoms with E-state index >= 15 is 0 Å². The molecule has 0 amide bonds. The minimum absolute atomic E-state index is 0.233. The van der Waals surface area contributed by atoms with E-state index in [9.17, 15) is 0 Å². The molecule has 1 aromatic rings. The van der Waals surface area contributed by atoms with Crippen molar-refractivity contribution in [3.05, 3.63) is 29.6 Å². The lowest BCUT2D eigenvalue weighted by molar-refractivity contribution is 0.000477. The molecule has 18 heavy (non-hydrogen) atoms. The fraction of sp³-hybridized carbons (Fsp3) is 0.688. The second-order valence-corrected chi connectivity index (χ2v) is 7.37. The summed E-state index contributed by atoms with van der Waals surface area (Å²) >= 11 is 0. The molecule has 1 saturated carbocycles. The minimum atomic E-state index is 0.233. The van der Waals surface area contributed by atoms with Crippen molar-refractivity contribution in [2.45, 2.75) is 45.4 Å². The lowest BCUT2D eigenvalue weighted by Gasteiger charge is -2.54. The van der Waals surface area contributed by atoms with Crippen LogP contribution in [0.5, 0.6) is 0 Å². The van der Waals surface area contributed by atoms with E-state index in [0.717, 1.165) is 5.92 Å². The monoisotopic (exact) mass is 244 g/mol. The van der Waals surface area contributed by atoms with Crippen LogP contribution in [0.25, 0.3) is 0 Å². The summed E-state index contributed by atoms with van der Waals surface area (Å²) in [6, 6.07) is 4.46. The van der Waals surface area contributed by atoms with E-state index in [1.165, 1.54) is 43.6 Å². The predicted octanol–water partition coefficient (Wildman–Crippen LogP) is 2.92. The highest BCUT2D eigenvalue weighted by Crippen LogP contribution is 2.49. The van der Waals surface area contributed by atoms with Crippen LogP contribution in [0.15, 0.2) is 18.3 Å². The zero-order valence-corrected chi connectivity index (χ0v) is 11.8. The molecule has 0 aromatic carbocycles. The molecule has 2 heterocycles. The molecule has 1 aliphatic heterocycles. The molecule has 1 aromatic heterocycles. The Morgan fingerprint density at radius 3 is 2.61 bits per heavy atom. The van der Waals surface area contributed by atoms with Crippen LogP contribution in [0.3, 0.4) is 0 Å². The van der Waals surface area contributed by atoms with E-state index in [0.29, 0.717) is 5.41 Å². The molecule has 1 N–H and O–H groups in total. The Labute approximate surface area is 110 Å². The molecule has 2 aliphatic rings. The van der Waals surface area contributed by atoms with Crippen LogP contribution in [-0.2, 0) is 11.8 Å². The summed E-state index contributed by atoms with van der Waals surface area (Å²) in [6.45, 7) is 9.30. The molecular formula is C16H24N2. The molecule has 2 fully saturated rings. The Hall–Kier alpha value is -0.890. The number of aromatic nitrogens is 1. The Balaban J connectivity index is 1.63. The Bertz CT molecular complexity index is 433. The number of nitrogens with zero attached hydrogens (tertiary/aromatic N) is 1. The van der Waals surface area contributed by atoms with Gasteiger partial charge in [-0.2, -0.15) is 0 Å². The van der Waals surface area contributed by atoms with Gasteiger partial charge in [-0.3, -0.25) is 4.98 Å². The van der Waals surface area contributed by atoms with Gasteiger partial charge in [0.05, 0.1) is 0 Å². The van der Waals surface area contributed by atoms with E-state index in [-0.39, 0.29) is 5.41 Å². The molecule has 0 radical (unpaired) electrons. The van der Waals surface area contributed by atoms with Gasteiger partial charge in [0.15, 0.2) is 0 Å². The molecule has 0 atom stereocenters. The SMILES string of the molecule is CC(C)(C)c1ccnc(CC2CC3(CNC3)C2)c1. The van der Waals surface area contributed by atoms with E-state index in [1.807, 2.05) is 6.20 Å². The highest BCUT2D eigenvalue weighted by atomic mass is 15.0. The van der Waals surface area contributed by atoms with Crippen LogP contribution in [0.1, 0.15) is 44.9 Å². The summed E-state index contributed by atoms with van der Waals surface area (Å²) < 4.78 is 0. The maximum absolute atomic E-state index is 4.55. The summed E-state index contributed by atoms with van der Waals surface area (Å²) in [5.74, 6) is 0.870. The normalized spacial score (nSPS) is 22.6. The van der Waals surface area contributed by atoms with Gasteiger partial charge in [-0.05, 0) is 53.7 Å². The van der Waals surface area contributed by atoms with E-state index < -0.39 is 0 Å². The first-order valence-corrected chi connectivity index (χ1v) is 7.13. The predicted molar refractivity (Wildman–Crippen MR) is 74.7 cm³/mol. The average molecular weight is 244 g/mol. The summed E-state index contributed by atoms with van der Waals surface area (Å²) in [5, 5.41) is 3.40. The molecule has 1 spiro atoms. The third-order valence-corrected chi connectivity index (χ3v) is 4.62. The summed E-state index contributed by atoms with van der Waals surface area (Å²) in [4.78, 5) is 4.55.